The van der Waals surface area contributed by atoms with Crippen molar-refractivity contribution in [3.8, 4) is 0 Å². The van der Waals surface area contributed by atoms with Gasteiger partial charge in [0.1, 0.15) is 0 Å². The van der Waals surface area contributed by atoms with E-state index in [0.29, 0.717) is 12.0 Å². The molecule has 0 unspecified atom stereocenters. The zero-order chi connectivity index (χ0) is 14.0. The number of imidazole rings is 1. The molecule has 0 aliphatic rings. The Morgan fingerprint density at radius 1 is 1.37 bits per heavy atom. The second-order valence-electron chi connectivity index (χ2n) is 5.67. The molecule has 2 rings (SSSR count). The molecular formula is C14H24N4S. The molecule has 5 heteroatoms. The highest BCUT2D eigenvalue weighted by atomic mass is 32.1. The lowest BCUT2D eigenvalue weighted by molar-refractivity contribution is 0.546. The van der Waals surface area contributed by atoms with E-state index in [2.05, 4.69) is 60.9 Å². The largest absolute Gasteiger partial charge is 0.356 e. The average Bonchev–Trinajstić information content (AvgIpc) is 2.89. The monoisotopic (exact) mass is 280 g/mol. The van der Waals surface area contributed by atoms with Crippen molar-refractivity contribution >= 4 is 22.1 Å². The number of hydrogen-bond donors (Lipinski definition) is 1. The van der Waals surface area contributed by atoms with Crippen LogP contribution in [-0.2, 0) is 6.54 Å². The quantitative estimate of drug-likeness (QED) is 0.883. The van der Waals surface area contributed by atoms with E-state index in [0.717, 1.165) is 23.9 Å². The number of rotatable bonds is 6. The minimum absolute atomic E-state index is 0.452. The fourth-order valence-corrected chi connectivity index (χ4v) is 2.72. The third kappa shape index (κ3) is 3.09. The summed E-state index contributed by atoms with van der Waals surface area (Å²) in [5.41, 5.74) is 1.26. The number of aromatic nitrogens is 2. The van der Waals surface area contributed by atoms with Crippen LogP contribution in [0.3, 0.4) is 0 Å². The Kier molecular flexibility index (Phi) is 4.47. The first-order chi connectivity index (χ1) is 9.00. The molecule has 1 N–H and O–H groups in total. The van der Waals surface area contributed by atoms with Crippen molar-refractivity contribution in [2.45, 2.75) is 40.3 Å². The first-order valence-corrected chi connectivity index (χ1v) is 7.76. The van der Waals surface area contributed by atoms with Gasteiger partial charge in [0, 0.05) is 31.2 Å². The van der Waals surface area contributed by atoms with Gasteiger partial charge in [0.2, 0.25) is 0 Å². The predicted octanol–water partition coefficient (Wildman–Crippen LogP) is 2.99. The molecule has 0 aromatic carbocycles. The molecule has 0 amide bonds. The number of thiazole rings is 1. The van der Waals surface area contributed by atoms with Gasteiger partial charge in [-0.1, -0.05) is 13.8 Å². The fourth-order valence-electron chi connectivity index (χ4n) is 1.99. The van der Waals surface area contributed by atoms with E-state index in [-0.39, 0.29) is 0 Å². The summed E-state index contributed by atoms with van der Waals surface area (Å²) >= 11 is 1.69. The van der Waals surface area contributed by atoms with Gasteiger partial charge in [-0.05, 0) is 26.3 Å². The normalized spacial score (nSPS) is 11.9. The maximum atomic E-state index is 4.76. The van der Waals surface area contributed by atoms with Crippen molar-refractivity contribution in [1.82, 2.24) is 14.7 Å². The number of nitrogens with zero attached hydrogens (tertiary/aromatic N) is 3. The molecule has 0 saturated heterocycles. The second-order valence-corrected chi connectivity index (χ2v) is 6.54. The van der Waals surface area contributed by atoms with Crippen LogP contribution in [0.15, 0.2) is 11.6 Å². The summed E-state index contributed by atoms with van der Waals surface area (Å²) in [4.78, 5) is 8.07. The van der Waals surface area contributed by atoms with Gasteiger partial charge >= 0.3 is 0 Å². The molecule has 2 aromatic heterocycles. The number of nitrogens with one attached hydrogen (secondary N) is 1. The van der Waals surface area contributed by atoms with Gasteiger partial charge in [-0.15, -0.1) is 11.3 Å². The van der Waals surface area contributed by atoms with Crippen molar-refractivity contribution in [2.24, 2.45) is 5.92 Å². The number of anilines is 1. The molecule has 0 aliphatic carbocycles. The van der Waals surface area contributed by atoms with Crippen LogP contribution in [-0.4, -0.2) is 29.0 Å². The van der Waals surface area contributed by atoms with Crippen molar-refractivity contribution in [2.75, 3.05) is 18.5 Å². The zero-order valence-corrected chi connectivity index (χ0v) is 13.3. The van der Waals surface area contributed by atoms with Crippen LogP contribution in [0.5, 0.6) is 0 Å². The van der Waals surface area contributed by atoms with Gasteiger partial charge in [-0.25, -0.2) is 4.98 Å². The van der Waals surface area contributed by atoms with Gasteiger partial charge in [-0.3, -0.25) is 4.40 Å². The highest BCUT2D eigenvalue weighted by Crippen LogP contribution is 2.25. The molecule has 2 aromatic rings. The smallest absolute Gasteiger partial charge is 0.195 e. The number of hydrogen-bond acceptors (Lipinski definition) is 4. The molecule has 0 atom stereocenters. The average molecular weight is 280 g/mol. The maximum absolute atomic E-state index is 4.76. The molecule has 2 heterocycles. The van der Waals surface area contributed by atoms with Crippen LogP contribution in [0.1, 0.15) is 33.4 Å². The summed E-state index contributed by atoms with van der Waals surface area (Å²) in [7, 11) is 2.11. The lowest BCUT2D eigenvalue weighted by atomic mass is 10.2. The molecule has 0 radical (unpaired) electrons. The molecule has 0 spiro atoms. The molecule has 0 fully saturated rings. The SMILES string of the molecule is CC(C)CNCc1c(N(C)C(C)C)nc2sccn12. The molecule has 0 saturated carbocycles. The van der Waals surface area contributed by atoms with Crippen LogP contribution < -0.4 is 10.2 Å². The fraction of sp³-hybridized carbons (Fsp3) is 0.643. The maximum Gasteiger partial charge on any atom is 0.195 e. The van der Waals surface area contributed by atoms with E-state index >= 15 is 0 Å². The summed E-state index contributed by atoms with van der Waals surface area (Å²) in [6.45, 7) is 10.7. The summed E-state index contributed by atoms with van der Waals surface area (Å²) in [5, 5.41) is 5.61. The van der Waals surface area contributed by atoms with Gasteiger partial charge in [0.25, 0.3) is 0 Å². The molecule has 106 valence electrons. The topological polar surface area (TPSA) is 32.6 Å². The predicted molar refractivity (Wildman–Crippen MR) is 83.2 cm³/mol. The van der Waals surface area contributed by atoms with Crippen LogP contribution in [0, 0.1) is 5.92 Å². The lowest BCUT2D eigenvalue weighted by Crippen LogP contribution is -2.28. The van der Waals surface area contributed by atoms with Gasteiger partial charge in [-0.2, -0.15) is 0 Å². The highest BCUT2D eigenvalue weighted by molar-refractivity contribution is 7.15. The van der Waals surface area contributed by atoms with Gasteiger partial charge in [0.15, 0.2) is 10.8 Å². The molecule has 0 aliphatic heterocycles. The molecule has 19 heavy (non-hydrogen) atoms. The number of fused-ring (bicyclic) bond motifs is 1. The van der Waals surface area contributed by atoms with Crippen molar-refractivity contribution in [3.63, 3.8) is 0 Å². The van der Waals surface area contributed by atoms with Crippen LogP contribution in [0.2, 0.25) is 0 Å². The minimum Gasteiger partial charge on any atom is -0.356 e. The van der Waals surface area contributed by atoms with Crippen LogP contribution in [0.25, 0.3) is 4.96 Å². The Hall–Kier alpha value is -1.07. The lowest BCUT2D eigenvalue weighted by Gasteiger charge is -2.22. The van der Waals surface area contributed by atoms with Crippen molar-refractivity contribution < 1.29 is 0 Å². The van der Waals surface area contributed by atoms with Crippen LogP contribution >= 0.6 is 11.3 Å². The van der Waals surface area contributed by atoms with E-state index < -0.39 is 0 Å². The van der Waals surface area contributed by atoms with E-state index in [4.69, 9.17) is 4.98 Å². The molecule has 4 nitrogen and oxygen atoms in total. The second kappa shape index (κ2) is 5.92. The van der Waals surface area contributed by atoms with E-state index in [1.807, 2.05) is 0 Å². The van der Waals surface area contributed by atoms with Crippen molar-refractivity contribution in [3.05, 3.63) is 17.3 Å². The summed E-state index contributed by atoms with van der Waals surface area (Å²) in [6.07, 6.45) is 2.11. The molecular weight excluding hydrogens is 256 g/mol. The standard InChI is InChI=1S/C14H24N4S/c1-10(2)8-15-9-12-13(17(5)11(3)4)16-14-18(12)6-7-19-14/h6-7,10-11,15H,8-9H2,1-5H3. The Labute approximate surface area is 119 Å². The Bertz CT molecular complexity index is 527. The summed E-state index contributed by atoms with van der Waals surface area (Å²) in [5.74, 6) is 1.76. The van der Waals surface area contributed by atoms with E-state index in [9.17, 15) is 0 Å². The first-order valence-electron chi connectivity index (χ1n) is 6.88. The zero-order valence-electron chi connectivity index (χ0n) is 12.5. The summed E-state index contributed by atoms with van der Waals surface area (Å²) < 4.78 is 2.20. The van der Waals surface area contributed by atoms with Crippen LogP contribution in [0.4, 0.5) is 5.82 Å². The van der Waals surface area contributed by atoms with Gasteiger partial charge in [0.05, 0.1) is 5.69 Å². The highest BCUT2D eigenvalue weighted by Gasteiger charge is 2.17. The molecule has 0 bridgehead atoms. The first kappa shape index (κ1) is 14.3. The van der Waals surface area contributed by atoms with Crippen molar-refractivity contribution in [1.29, 1.82) is 0 Å². The Morgan fingerprint density at radius 2 is 2.11 bits per heavy atom. The summed E-state index contributed by atoms with van der Waals surface area (Å²) in [6, 6.07) is 0.452. The minimum atomic E-state index is 0.452. The van der Waals surface area contributed by atoms with Gasteiger partial charge < -0.3 is 10.2 Å². The Balaban J connectivity index is 2.26. The third-order valence-corrected chi connectivity index (χ3v) is 4.05. The van der Waals surface area contributed by atoms with E-state index in [1.54, 1.807) is 11.3 Å². The Morgan fingerprint density at radius 3 is 2.74 bits per heavy atom. The van der Waals surface area contributed by atoms with E-state index in [1.165, 1.54) is 5.69 Å². The third-order valence-electron chi connectivity index (χ3n) is 3.29.